The van der Waals surface area contributed by atoms with Crippen molar-refractivity contribution >= 4 is 27.9 Å². The maximum atomic E-state index is 13.0. The van der Waals surface area contributed by atoms with Crippen LogP contribution in [0.1, 0.15) is 57.3 Å². The fourth-order valence-electron chi connectivity index (χ4n) is 2.77. The molecule has 0 bridgehead atoms. The first-order valence-electron chi connectivity index (χ1n) is 7.64. The zero-order chi connectivity index (χ0) is 18.1. The van der Waals surface area contributed by atoms with Gasteiger partial charge in [-0.05, 0) is 30.9 Å². The molecule has 9 heteroatoms. The topological polar surface area (TPSA) is 118 Å². The zero-order valence-electron chi connectivity index (χ0n) is 13.4. The van der Waals surface area contributed by atoms with Crippen LogP contribution < -0.4 is 0 Å². The Morgan fingerprint density at radius 3 is 2.48 bits per heavy atom. The number of aromatic nitrogens is 1. The molecule has 1 aromatic heterocycles. The second-order valence-electron chi connectivity index (χ2n) is 6.05. The quantitative estimate of drug-likeness (QED) is 0.557. The Labute approximate surface area is 149 Å². The molecule has 2 atom stereocenters. The lowest BCUT2D eigenvalue weighted by Crippen LogP contribution is -2.10. The van der Waals surface area contributed by atoms with Crippen LogP contribution in [0.25, 0.3) is 0 Å². The van der Waals surface area contributed by atoms with Gasteiger partial charge in [-0.3, -0.25) is 4.79 Å². The van der Waals surface area contributed by atoms with Gasteiger partial charge in [-0.25, -0.2) is 8.42 Å². The molecular formula is C16H17NO6S2. The number of rotatable bonds is 7. The predicted octanol–water partition coefficient (Wildman–Crippen LogP) is 2.53. The highest BCUT2D eigenvalue weighted by molar-refractivity contribution is 7.78. The fraction of sp³-hybridized carbons (Fsp3) is 0.375. The monoisotopic (exact) mass is 383 g/mol. The molecule has 1 heterocycles. The van der Waals surface area contributed by atoms with Gasteiger partial charge in [0, 0.05) is 11.5 Å². The average Bonchev–Trinajstić information content (AvgIpc) is 3.27. The number of hydrogen-bond acceptors (Lipinski definition) is 5. The van der Waals surface area contributed by atoms with Crippen molar-refractivity contribution in [1.29, 1.82) is 0 Å². The molecule has 1 aliphatic carbocycles. The van der Waals surface area contributed by atoms with E-state index in [9.17, 15) is 13.2 Å². The second-order valence-corrected chi connectivity index (χ2v) is 7.92. The van der Waals surface area contributed by atoms with Gasteiger partial charge in [0.1, 0.15) is 5.69 Å². The van der Waals surface area contributed by atoms with E-state index in [2.05, 4.69) is 5.16 Å². The van der Waals surface area contributed by atoms with Crippen LogP contribution in [-0.2, 0) is 33.7 Å². The Balaban J connectivity index is 1.99. The molecule has 0 amide bonds. The average molecular weight is 383 g/mol. The lowest BCUT2D eigenvalue weighted by atomic mass is 9.95. The molecule has 134 valence electrons. The molecular weight excluding hydrogens is 366 g/mol. The predicted molar refractivity (Wildman–Crippen MR) is 92.0 cm³/mol. The maximum absolute atomic E-state index is 13.0. The second kappa shape index (κ2) is 7.28. The Bertz CT molecular complexity index is 872. The minimum atomic E-state index is -2.13. The van der Waals surface area contributed by atoms with Gasteiger partial charge in [-0.2, -0.15) is 0 Å². The number of hydrogen-bond donors (Lipinski definition) is 2. The van der Waals surface area contributed by atoms with Crippen LogP contribution in [0.3, 0.4) is 0 Å². The number of aryl methyl sites for hydroxylation is 1. The molecule has 25 heavy (non-hydrogen) atoms. The van der Waals surface area contributed by atoms with E-state index in [0.717, 1.165) is 12.8 Å². The zero-order valence-corrected chi connectivity index (χ0v) is 15.1. The number of carbonyl (C=O) groups is 1. The molecule has 7 nitrogen and oxygen atoms in total. The minimum Gasteiger partial charge on any atom is -0.360 e. The lowest BCUT2D eigenvalue weighted by Gasteiger charge is -2.08. The molecule has 1 aromatic carbocycles. The SMILES string of the molecule is Cc1cc(CS(=O)O)ccc1C(=O)c1c(CS(=O)O)noc1C1CC1. The van der Waals surface area contributed by atoms with Crippen molar-refractivity contribution in [2.45, 2.75) is 37.2 Å². The summed E-state index contributed by atoms with van der Waals surface area (Å²) in [6, 6.07) is 4.92. The van der Waals surface area contributed by atoms with E-state index in [1.54, 1.807) is 25.1 Å². The number of nitrogens with zero attached hydrogens (tertiary/aromatic N) is 1. The molecule has 2 unspecified atom stereocenters. The van der Waals surface area contributed by atoms with Crippen molar-refractivity contribution in [3.05, 3.63) is 51.9 Å². The first-order valence-corrected chi connectivity index (χ1v) is 10.2. The summed E-state index contributed by atoms with van der Waals surface area (Å²) in [6.07, 6.45) is 1.80. The summed E-state index contributed by atoms with van der Waals surface area (Å²) in [5, 5.41) is 3.83. The van der Waals surface area contributed by atoms with Crippen LogP contribution in [0, 0.1) is 6.92 Å². The third-order valence-corrected chi connectivity index (χ3v) is 5.15. The summed E-state index contributed by atoms with van der Waals surface area (Å²) in [6.45, 7) is 1.74. The van der Waals surface area contributed by atoms with Crippen molar-refractivity contribution in [3.63, 3.8) is 0 Å². The highest BCUT2D eigenvalue weighted by Gasteiger charge is 2.35. The highest BCUT2D eigenvalue weighted by Crippen LogP contribution is 2.43. The van der Waals surface area contributed by atoms with E-state index in [0.29, 0.717) is 22.5 Å². The Morgan fingerprint density at radius 2 is 1.92 bits per heavy atom. The first kappa shape index (κ1) is 18.1. The minimum absolute atomic E-state index is 0.00928. The van der Waals surface area contributed by atoms with Gasteiger partial charge in [0.2, 0.25) is 0 Å². The van der Waals surface area contributed by atoms with Crippen molar-refractivity contribution in [3.8, 4) is 0 Å². The summed E-state index contributed by atoms with van der Waals surface area (Å²) < 4.78 is 45.5. The number of ketones is 1. The van der Waals surface area contributed by atoms with E-state index in [4.69, 9.17) is 13.6 Å². The van der Waals surface area contributed by atoms with Gasteiger partial charge in [-0.15, -0.1) is 0 Å². The largest absolute Gasteiger partial charge is 0.360 e. The molecule has 2 aromatic rings. The molecule has 1 saturated carbocycles. The van der Waals surface area contributed by atoms with Crippen LogP contribution in [0.15, 0.2) is 22.7 Å². The highest BCUT2D eigenvalue weighted by atomic mass is 32.2. The lowest BCUT2D eigenvalue weighted by molar-refractivity contribution is 0.103. The van der Waals surface area contributed by atoms with E-state index in [-0.39, 0.29) is 34.5 Å². The third-order valence-electron chi connectivity index (χ3n) is 4.05. The summed E-state index contributed by atoms with van der Waals surface area (Å²) in [7, 11) is 0. The molecule has 1 fully saturated rings. The number of benzene rings is 1. The Morgan fingerprint density at radius 1 is 1.24 bits per heavy atom. The van der Waals surface area contributed by atoms with Gasteiger partial charge < -0.3 is 13.6 Å². The third kappa shape index (κ3) is 4.12. The summed E-state index contributed by atoms with van der Waals surface area (Å²) >= 11 is -4.09. The standard InChI is InChI=1S/C16H17NO6S2/c1-9-6-10(7-24(19)20)2-5-12(9)15(18)14-13(8-25(21)22)17-23-16(14)11-3-4-11/h2,5-6,11H,3-4,7-8H2,1H3,(H,19,20)(H,21,22). The van der Waals surface area contributed by atoms with Crippen LogP contribution in [0.2, 0.25) is 0 Å². The Kier molecular flexibility index (Phi) is 5.28. The van der Waals surface area contributed by atoms with E-state index in [1.807, 2.05) is 0 Å². The van der Waals surface area contributed by atoms with Crippen LogP contribution in [0.5, 0.6) is 0 Å². The van der Waals surface area contributed by atoms with E-state index < -0.39 is 22.2 Å². The van der Waals surface area contributed by atoms with E-state index in [1.165, 1.54) is 0 Å². The van der Waals surface area contributed by atoms with Gasteiger partial charge in [-0.1, -0.05) is 23.4 Å². The summed E-state index contributed by atoms with van der Waals surface area (Å²) in [4.78, 5) is 13.0. The molecule has 1 aliphatic rings. The van der Waals surface area contributed by atoms with Crippen molar-refractivity contribution in [1.82, 2.24) is 5.16 Å². The molecule has 0 radical (unpaired) electrons. The normalized spacial score (nSPS) is 16.6. The van der Waals surface area contributed by atoms with Gasteiger partial charge in [0.05, 0.1) is 17.1 Å². The van der Waals surface area contributed by atoms with E-state index >= 15 is 0 Å². The maximum Gasteiger partial charge on any atom is 0.198 e. The molecule has 0 aliphatic heterocycles. The van der Waals surface area contributed by atoms with Gasteiger partial charge in [0.15, 0.2) is 33.7 Å². The molecule has 3 rings (SSSR count). The van der Waals surface area contributed by atoms with Gasteiger partial charge >= 0.3 is 0 Å². The van der Waals surface area contributed by atoms with Crippen molar-refractivity contribution in [2.24, 2.45) is 0 Å². The van der Waals surface area contributed by atoms with Crippen LogP contribution in [-0.4, -0.2) is 28.5 Å². The van der Waals surface area contributed by atoms with Crippen LogP contribution in [0.4, 0.5) is 0 Å². The molecule has 2 N–H and O–H groups in total. The summed E-state index contributed by atoms with van der Waals surface area (Å²) in [5.41, 5.74) is 2.19. The van der Waals surface area contributed by atoms with Crippen LogP contribution >= 0.6 is 0 Å². The fourth-order valence-corrected chi connectivity index (χ4v) is 3.66. The first-order chi connectivity index (χ1) is 11.9. The smallest absolute Gasteiger partial charge is 0.198 e. The van der Waals surface area contributed by atoms with Crippen molar-refractivity contribution < 1.29 is 26.8 Å². The number of carbonyl (C=O) groups excluding carboxylic acids is 1. The van der Waals surface area contributed by atoms with Crippen molar-refractivity contribution in [2.75, 3.05) is 0 Å². The molecule has 0 spiro atoms. The molecule has 0 saturated heterocycles. The summed E-state index contributed by atoms with van der Waals surface area (Å²) in [5.74, 6) is 0.0228. The van der Waals surface area contributed by atoms with Gasteiger partial charge in [0.25, 0.3) is 0 Å². The Hall–Kier alpha value is -1.68.